The third kappa shape index (κ3) is 5.60. The predicted octanol–water partition coefficient (Wildman–Crippen LogP) is 3.09. The summed E-state index contributed by atoms with van der Waals surface area (Å²) in [6.45, 7) is 2.13. The van der Waals surface area contributed by atoms with Crippen LogP contribution < -0.4 is 5.32 Å². The minimum Gasteiger partial charge on any atom is -0.463 e. The summed E-state index contributed by atoms with van der Waals surface area (Å²) in [5.41, 5.74) is 1.47. The van der Waals surface area contributed by atoms with Crippen LogP contribution in [0.5, 0.6) is 0 Å². The van der Waals surface area contributed by atoms with Gasteiger partial charge in [0.25, 0.3) is 11.8 Å². The number of carbonyl (C=O) groups is 4. The molecule has 166 valence electrons. The maximum absolute atomic E-state index is 12.8. The lowest BCUT2D eigenvalue weighted by Crippen LogP contribution is -2.41. The molecule has 2 aromatic rings. The second-order valence-corrected chi connectivity index (χ2v) is 6.98. The maximum Gasteiger partial charge on any atom is 0.407 e. The summed E-state index contributed by atoms with van der Waals surface area (Å²) < 4.78 is 10.1. The molecule has 0 bridgehead atoms. The van der Waals surface area contributed by atoms with E-state index < -0.39 is 29.9 Å². The lowest BCUT2D eigenvalue weighted by molar-refractivity contribution is -0.137. The van der Waals surface area contributed by atoms with E-state index in [2.05, 4.69) is 5.32 Å². The number of nitrogens with one attached hydrogen (secondary N) is 1. The first-order valence-electron chi connectivity index (χ1n) is 10.3. The second-order valence-electron chi connectivity index (χ2n) is 6.98. The van der Waals surface area contributed by atoms with Crippen molar-refractivity contribution in [2.24, 2.45) is 0 Å². The van der Waals surface area contributed by atoms with Gasteiger partial charge in [-0.05, 0) is 31.0 Å². The van der Waals surface area contributed by atoms with Crippen molar-refractivity contribution in [2.45, 2.75) is 26.0 Å². The van der Waals surface area contributed by atoms with Crippen molar-refractivity contribution in [1.29, 1.82) is 0 Å². The number of hydrogen-bond acceptors (Lipinski definition) is 6. The monoisotopic (exact) mass is 436 g/mol. The Morgan fingerprint density at radius 1 is 0.969 bits per heavy atom. The van der Waals surface area contributed by atoms with Crippen molar-refractivity contribution in [2.75, 3.05) is 13.2 Å². The van der Waals surface area contributed by atoms with Crippen LogP contribution in [0.15, 0.2) is 66.7 Å². The van der Waals surface area contributed by atoms with Gasteiger partial charge in [-0.15, -0.1) is 0 Å². The predicted molar refractivity (Wildman–Crippen MR) is 116 cm³/mol. The van der Waals surface area contributed by atoms with Crippen molar-refractivity contribution in [3.05, 3.63) is 83.4 Å². The SMILES string of the molecule is CCOC(=O)/C=C/C(CCNC(=O)OCc1ccccc1)N1C(=O)c2ccccc2C1=O. The molecule has 0 radical (unpaired) electrons. The van der Waals surface area contributed by atoms with Gasteiger partial charge in [0.1, 0.15) is 6.61 Å². The number of nitrogens with zero attached hydrogens (tertiary/aromatic N) is 1. The number of esters is 1. The molecule has 1 N–H and O–H groups in total. The van der Waals surface area contributed by atoms with E-state index in [-0.39, 0.29) is 26.2 Å². The van der Waals surface area contributed by atoms with Gasteiger partial charge in [-0.1, -0.05) is 48.5 Å². The van der Waals surface area contributed by atoms with Gasteiger partial charge in [-0.25, -0.2) is 9.59 Å². The first-order chi connectivity index (χ1) is 15.5. The number of amides is 3. The van der Waals surface area contributed by atoms with Gasteiger partial charge in [0.05, 0.1) is 23.8 Å². The van der Waals surface area contributed by atoms with E-state index in [1.165, 1.54) is 12.2 Å². The van der Waals surface area contributed by atoms with Crippen LogP contribution in [0.2, 0.25) is 0 Å². The number of ether oxygens (including phenoxy) is 2. The highest BCUT2D eigenvalue weighted by molar-refractivity contribution is 6.21. The van der Waals surface area contributed by atoms with E-state index >= 15 is 0 Å². The first kappa shape index (κ1) is 22.7. The summed E-state index contributed by atoms with van der Waals surface area (Å²) >= 11 is 0. The molecule has 1 aliphatic rings. The van der Waals surface area contributed by atoms with Crippen LogP contribution in [0.1, 0.15) is 39.6 Å². The topological polar surface area (TPSA) is 102 Å². The fraction of sp³-hybridized carbons (Fsp3) is 0.250. The highest BCUT2D eigenvalue weighted by Crippen LogP contribution is 2.26. The molecule has 2 aromatic carbocycles. The molecule has 1 aliphatic heterocycles. The highest BCUT2D eigenvalue weighted by Gasteiger charge is 2.38. The lowest BCUT2D eigenvalue weighted by Gasteiger charge is -2.23. The van der Waals surface area contributed by atoms with Crippen LogP contribution >= 0.6 is 0 Å². The molecule has 0 aromatic heterocycles. The molecule has 1 atom stereocenters. The molecule has 32 heavy (non-hydrogen) atoms. The minimum absolute atomic E-state index is 0.122. The number of carbonyl (C=O) groups excluding carboxylic acids is 4. The zero-order valence-corrected chi connectivity index (χ0v) is 17.7. The summed E-state index contributed by atoms with van der Waals surface area (Å²) in [6.07, 6.45) is 2.20. The van der Waals surface area contributed by atoms with Crippen LogP contribution in [0.3, 0.4) is 0 Å². The van der Waals surface area contributed by atoms with Crippen LogP contribution in [0, 0.1) is 0 Å². The lowest BCUT2D eigenvalue weighted by atomic mass is 10.1. The van der Waals surface area contributed by atoms with Gasteiger partial charge in [-0.3, -0.25) is 14.5 Å². The van der Waals surface area contributed by atoms with E-state index in [1.54, 1.807) is 31.2 Å². The molecular formula is C24H24N2O6. The molecule has 0 fully saturated rings. The van der Waals surface area contributed by atoms with Crippen molar-refractivity contribution >= 4 is 23.9 Å². The Morgan fingerprint density at radius 2 is 1.59 bits per heavy atom. The molecule has 0 saturated carbocycles. The summed E-state index contributed by atoms with van der Waals surface area (Å²) in [5, 5.41) is 2.61. The van der Waals surface area contributed by atoms with Gasteiger partial charge in [0.2, 0.25) is 0 Å². The molecule has 0 aliphatic carbocycles. The number of benzene rings is 2. The van der Waals surface area contributed by atoms with Crippen molar-refractivity contribution in [3.63, 3.8) is 0 Å². The molecule has 0 saturated heterocycles. The Morgan fingerprint density at radius 3 is 2.22 bits per heavy atom. The zero-order valence-electron chi connectivity index (χ0n) is 17.7. The Balaban J connectivity index is 1.63. The number of imide groups is 1. The van der Waals surface area contributed by atoms with Crippen LogP contribution in [0.4, 0.5) is 4.79 Å². The van der Waals surface area contributed by atoms with Crippen molar-refractivity contribution in [3.8, 4) is 0 Å². The fourth-order valence-electron chi connectivity index (χ4n) is 3.30. The van der Waals surface area contributed by atoms with Gasteiger partial charge < -0.3 is 14.8 Å². The smallest absolute Gasteiger partial charge is 0.407 e. The van der Waals surface area contributed by atoms with E-state index in [1.807, 2.05) is 30.3 Å². The largest absolute Gasteiger partial charge is 0.463 e. The van der Waals surface area contributed by atoms with E-state index in [0.29, 0.717) is 11.1 Å². The van der Waals surface area contributed by atoms with E-state index in [0.717, 1.165) is 10.5 Å². The minimum atomic E-state index is -0.749. The average molecular weight is 436 g/mol. The number of alkyl carbamates (subject to hydrolysis) is 1. The third-order valence-electron chi connectivity index (χ3n) is 4.82. The van der Waals surface area contributed by atoms with Gasteiger partial charge in [0, 0.05) is 12.6 Å². The number of hydrogen-bond donors (Lipinski definition) is 1. The molecule has 8 nitrogen and oxygen atoms in total. The first-order valence-corrected chi connectivity index (χ1v) is 10.3. The fourth-order valence-corrected chi connectivity index (χ4v) is 3.30. The quantitative estimate of drug-likeness (QED) is 0.368. The Kier molecular flexibility index (Phi) is 7.75. The standard InChI is InChI=1S/C24H24N2O6/c1-2-31-21(27)13-12-18(26-22(28)19-10-6-7-11-20(19)23(26)29)14-15-25-24(30)32-16-17-8-4-3-5-9-17/h3-13,18H,2,14-16H2,1H3,(H,25,30)/b13-12+. The summed E-state index contributed by atoms with van der Waals surface area (Å²) in [4.78, 5) is 50.5. The van der Waals surface area contributed by atoms with Crippen molar-refractivity contribution in [1.82, 2.24) is 10.2 Å². The van der Waals surface area contributed by atoms with E-state index in [9.17, 15) is 19.2 Å². The van der Waals surface area contributed by atoms with Crippen LogP contribution in [0.25, 0.3) is 0 Å². The Hall–Kier alpha value is -3.94. The number of fused-ring (bicyclic) bond motifs is 1. The maximum atomic E-state index is 12.8. The Bertz CT molecular complexity index is 983. The third-order valence-corrected chi connectivity index (χ3v) is 4.82. The zero-order chi connectivity index (χ0) is 22.9. The van der Waals surface area contributed by atoms with Crippen LogP contribution in [-0.2, 0) is 20.9 Å². The highest BCUT2D eigenvalue weighted by atomic mass is 16.5. The summed E-state index contributed by atoms with van der Waals surface area (Å²) in [7, 11) is 0. The van der Waals surface area contributed by atoms with Crippen LogP contribution in [-0.4, -0.2) is 48.0 Å². The molecule has 3 amide bonds. The van der Waals surface area contributed by atoms with Gasteiger partial charge >= 0.3 is 12.1 Å². The summed E-state index contributed by atoms with van der Waals surface area (Å²) in [6, 6.07) is 15.0. The molecule has 0 spiro atoms. The molecule has 1 unspecified atom stereocenters. The van der Waals surface area contributed by atoms with Gasteiger partial charge in [-0.2, -0.15) is 0 Å². The Labute approximate surface area is 185 Å². The molecular weight excluding hydrogens is 412 g/mol. The second kappa shape index (κ2) is 10.9. The molecule has 1 heterocycles. The molecule has 3 rings (SSSR count). The molecule has 8 heteroatoms. The van der Waals surface area contributed by atoms with E-state index in [4.69, 9.17) is 9.47 Å². The average Bonchev–Trinajstić information content (AvgIpc) is 3.06. The van der Waals surface area contributed by atoms with Gasteiger partial charge in [0.15, 0.2) is 0 Å². The number of rotatable bonds is 9. The summed E-state index contributed by atoms with van der Waals surface area (Å²) in [5.74, 6) is -1.48. The van der Waals surface area contributed by atoms with Crippen molar-refractivity contribution < 1.29 is 28.7 Å². The normalized spacial score (nSPS) is 13.7.